The topological polar surface area (TPSA) is 150 Å². The van der Waals surface area contributed by atoms with Crippen molar-refractivity contribution in [3.63, 3.8) is 0 Å². The average Bonchev–Trinajstić information content (AvgIpc) is 2.66. The molecule has 1 rings (SSSR count). The molecule has 0 aliphatic heterocycles. The molecule has 8 heteroatoms. The predicted octanol–water partition coefficient (Wildman–Crippen LogP) is -0.285. The van der Waals surface area contributed by atoms with Gasteiger partial charge in [0.15, 0.2) is 0 Å². The van der Waals surface area contributed by atoms with Crippen molar-refractivity contribution in [2.75, 3.05) is 20.2 Å². The first kappa shape index (κ1) is 26.4. The molecule has 0 saturated heterocycles. The first-order chi connectivity index (χ1) is 13.0. The van der Waals surface area contributed by atoms with Gasteiger partial charge in [0.05, 0.1) is 18.6 Å². The molecule has 0 aliphatic rings. The van der Waals surface area contributed by atoms with Crippen LogP contribution in [0, 0.1) is 5.92 Å². The Morgan fingerprint density at radius 2 is 1.46 bits per heavy atom. The molecule has 8 nitrogen and oxygen atoms in total. The van der Waals surface area contributed by atoms with Gasteiger partial charge in [0.25, 0.3) is 0 Å². The molecular weight excluding hydrogens is 366 g/mol. The van der Waals surface area contributed by atoms with E-state index in [0.717, 1.165) is 12.0 Å². The number of carboxylic acid groups (broad SMARTS) is 1. The van der Waals surface area contributed by atoms with Crippen molar-refractivity contribution in [2.45, 2.75) is 57.5 Å². The van der Waals surface area contributed by atoms with Crippen LogP contribution < -0.4 is 5.32 Å². The van der Waals surface area contributed by atoms with Crippen molar-refractivity contribution in [1.82, 2.24) is 5.32 Å². The zero-order valence-electron chi connectivity index (χ0n) is 17.0. The van der Waals surface area contributed by atoms with Gasteiger partial charge in [-0.3, -0.25) is 4.79 Å². The Kier molecular flexibility index (Phi) is 12.8. The lowest BCUT2D eigenvalue weighted by atomic mass is 9.97. The third-order valence-corrected chi connectivity index (χ3v) is 4.23. The fourth-order valence-corrected chi connectivity index (χ4v) is 2.45. The van der Waals surface area contributed by atoms with E-state index in [-0.39, 0.29) is 6.54 Å². The zero-order chi connectivity index (χ0) is 21.9. The number of carboxylic acids is 1. The number of rotatable bonds is 10. The number of carbonyl (C=O) groups is 1. The van der Waals surface area contributed by atoms with E-state index >= 15 is 0 Å². The van der Waals surface area contributed by atoms with E-state index in [0.29, 0.717) is 5.92 Å². The van der Waals surface area contributed by atoms with E-state index in [4.69, 9.17) is 25.5 Å². The highest BCUT2D eigenvalue weighted by atomic mass is 16.4. The van der Waals surface area contributed by atoms with Gasteiger partial charge in [-0.15, -0.1) is 0 Å². The van der Waals surface area contributed by atoms with Crippen LogP contribution in [0.4, 0.5) is 0 Å². The standard InChI is InChI=1S/C13H18O2.C7H17NO5/c1-9(2)8-11-4-6-12(7-5-11)10(3)13(14)15;1-8-2-4(10)6(12)7(13)5(11)3-9/h4-7,9-10H,8H2,1-3H3,(H,14,15);4-13H,2-3H2,1H3/t10-;4-,5+,6+,7+/m10/s1. The fraction of sp³-hybridized carbons (Fsp3) is 0.650. The van der Waals surface area contributed by atoms with E-state index in [9.17, 15) is 9.90 Å². The average molecular weight is 402 g/mol. The molecular formula is C20H35NO7. The molecule has 7 N–H and O–H groups in total. The number of nitrogens with one attached hydrogen (secondary N) is 1. The number of aliphatic hydroxyl groups is 5. The summed E-state index contributed by atoms with van der Waals surface area (Å²) in [6, 6.07) is 7.87. The lowest BCUT2D eigenvalue weighted by Gasteiger charge is -2.25. The number of hydrogen-bond acceptors (Lipinski definition) is 7. The molecule has 0 aliphatic carbocycles. The maximum Gasteiger partial charge on any atom is 0.310 e. The normalized spacial score (nSPS) is 16.5. The Bertz CT molecular complexity index is 550. The number of likely N-dealkylation sites (N-methyl/N-ethyl adjacent to an activating group) is 1. The number of hydrogen-bond donors (Lipinski definition) is 7. The van der Waals surface area contributed by atoms with Crippen LogP contribution in [0.15, 0.2) is 24.3 Å². The third kappa shape index (κ3) is 9.59. The van der Waals surface area contributed by atoms with E-state index in [1.54, 1.807) is 14.0 Å². The van der Waals surface area contributed by atoms with Crippen LogP contribution in [0.25, 0.3) is 0 Å². The maximum atomic E-state index is 10.8. The Hall–Kier alpha value is -1.55. The van der Waals surface area contributed by atoms with Crippen LogP contribution in [-0.4, -0.2) is 81.2 Å². The van der Waals surface area contributed by atoms with Gasteiger partial charge in [-0.05, 0) is 37.4 Å². The monoisotopic (exact) mass is 401 g/mol. The SMILES string of the molecule is CC(C)Cc1ccc([C@@H](C)C(=O)O)cc1.CNC[C@H](O)[C@@H](O)[C@H](O)[C@H](O)CO. The van der Waals surface area contributed by atoms with Gasteiger partial charge in [0.2, 0.25) is 0 Å². The molecule has 0 amide bonds. The van der Waals surface area contributed by atoms with Crippen LogP contribution in [0.3, 0.4) is 0 Å². The number of aliphatic hydroxyl groups excluding tert-OH is 5. The highest BCUT2D eigenvalue weighted by Gasteiger charge is 2.29. The smallest absolute Gasteiger partial charge is 0.310 e. The van der Waals surface area contributed by atoms with Crippen LogP contribution >= 0.6 is 0 Å². The summed E-state index contributed by atoms with van der Waals surface area (Å²) in [5, 5.41) is 56.3. The van der Waals surface area contributed by atoms with E-state index in [2.05, 4.69) is 19.2 Å². The molecule has 1 aromatic rings. The second-order valence-electron chi connectivity index (χ2n) is 7.26. The van der Waals surface area contributed by atoms with Crippen LogP contribution in [0.5, 0.6) is 0 Å². The van der Waals surface area contributed by atoms with Gasteiger partial charge < -0.3 is 36.0 Å². The van der Waals surface area contributed by atoms with Crippen LogP contribution in [-0.2, 0) is 11.2 Å². The Labute approximate surface area is 166 Å². The van der Waals surface area contributed by atoms with Crippen LogP contribution in [0.1, 0.15) is 37.8 Å². The first-order valence-corrected chi connectivity index (χ1v) is 9.34. The van der Waals surface area contributed by atoms with Gasteiger partial charge in [-0.2, -0.15) is 0 Å². The molecule has 0 aromatic heterocycles. The maximum absolute atomic E-state index is 10.8. The van der Waals surface area contributed by atoms with E-state index < -0.39 is 42.9 Å². The molecule has 0 radical (unpaired) electrons. The molecule has 0 bridgehead atoms. The van der Waals surface area contributed by atoms with Gasteiger partial charge in [0.1, 0.15) is 18.3 Å². The quantitative estimate of drug-likeness (QED) is 0.283. The van der Waals surface area contributed by atoms with Gasteiger partial charge in [-0.1, -0.05) is 38.1 Å². The minimum absolute atomic E-state index is 0.0936. The summed E-state index contributed by atoms with van der Waals surface area (Å²) in [6.07, 6.45) is -4.60. The summed E-state index contributed by atoms with van der Waals surface area (Å²) in [5.41, 5.74) is 2.14. The number of benzene rings is 1. The molecule has 0 saturated carbocycles. The molecule has 5 atom stereocenters. The van der Waals surface area contributed by atoms with Crippen molar-refractivity contribution in [3.8, 4) is 0 Å². The molecule has 0 unspecified atom stereocenters. The first-order valence-electron chi connectivity index (χ1n) is 9.34. The molecule has 162 valence electrons. The summed E-state index contributed by atoms with van der Waals surface area (Å²) < 4.78 is 0. The third-order valence-electron chi connectivity index (χ3n) is 4.23. The molecule has 28 heavy (non-hydrogen) atoms. The Morgan fingerprint density at radius 1 is 0.964 bits per heavy atom. The zero-order valence-corrected chi connectivity index (χ0v) is 17.0. The second kappa shape index (κ2) is 13.6. The summed E-state index contributed by atoms with van der Waals surface area (Å²) >= 11 is 0. The van der Waals surface area contributed by atoms with Gasteiger partial charge in [0, 0.05) is 6.54 Å². The molecule has 0 heterocycles. The lowest BCUT2D eigenvalue weighted by molar-refractivity contribution is -0.138. The second-order valence-corrected chi connectivity index (χ2v) is 7.26. The molecule has 0 fully saturated rings. The van der Waals surface area contributed by atoms with Gasteiger partial charge >= 0.3 is 5.97 Å². The summed E-state index contributed by atoms with van der Waals surface area (Å²) in [7, 11) is 1.57. The van der Waals surface area contributed by atoms with Crippen molar-refractivity contribution in [2.24, 2.45) is 5.92 Å². The van der Waals surface area contributed by atoms with Crippen molar-refractivity contribution in [3.05, 3.63) is 35.4 Å². The van der Waals surface area contributed by atoms with E-state index in [1.807, 2.05) is 24.3 Å². The summed E-state index contributed by atoms with van der Waals surface area (Å²) in [5.74, 6) is -0.558. The minimum Gasteiger partial charge on any atom is -0.481 e. The molecule has 0 spiro atoms. The van der Waals surface area contributed by atoms with Crippen molar-refractivity contribution in [1.29, 1.82) is 0 Å². The molecule has 1 aromatic carbocycles. The minimum atomic E-state index is -1.55. The van der Waals surface area contributed by atoms with E-state index in [1.165, 1.54) is 5.56 Å². The van der Waals surface area contributed by atoms with Crippen molar-refractivity contribution < 1.29 is 35.4 Å². The van der Waals surface area contributed by atoms with Gasteiger partial charge in [-0.25, -0.2) is 0 Å². The number of aliphatic carboxylic acids is 1. The van der Waals surface area contributed by atoms with Crippen molar-refractivity contribution >= 4 is 5.97 Å². The Morgan fingerprint density at radius 3 is 1.86 bits per heavy atom. The fourth-order valence-electron chi connectivity index (χ4n) is 2.45. The Balaban J connectivity index is 0.000000528. The predicted molar refractivity (Wildman–Crippen MR) is 106 cm³/mol. The van der Waals surface area contributed by atoms with Crippen LogP contribution in [0.2, 0.25) is 0 Å². The summed E-state index contributed by atoms with van der Waals surface area (Å²) in [4.78, 5) is 10.8. The largest absolute Gasteiger partial charge is 0.481 e. The highest BCUT2D eigenvalue weighted by Crippen LogP contribution is 2.17. The lowest BCUT2D eigenvalue weighted by Crippen LogP contribution is -2.48. The highest BCUT2D eigenvalue weighted by molar-refractivity contribution is 5.75. The summed E-state index contributed by atoms with van der Waals surface area (Å²) in [6.45, 7) is 5.49.